The molecule has 0 aliphatic carbocycles. The van der Waals surface area contributed by atoms with Gasteiger partial charge < -0.3 is 5.11 Å². The zero-order valence-corrected chi connectivity index (χ0v) is 10.3. The molecule has 1 aromatic heterocycles. The number of aliphatic hydroxyl groups excluding tert-OH is 1. The van der Waals surface area contributed by atoms with Crippen molar-refractivity contribution in [2.24, 2.45) is 5.41 Å². The van der Waals surface area contributed by atoms with Crippen LogP contribution in [0.3, 0.4) is 0 Å². The highest BCUT2D eigenvalue weighted by Gasteiger charge is 2.38. The van der Waals surface area contributed by atoms with E-state index in [2.05, 4.69) is 28.9 Å². The van der Waals surface area contributed by atoms with Gasteiger partial charge in [-0.2, -0.15) is 0 Å². The second kappa shape index (κ2) is 3.97. The predicted octanol–water partition coefficient (Wildman–Crippen LogP) is 1.39. The fourth-order valence-electron chi connectivity index (χ4n) is 1.85. The van der Waals surface area contributed by atoms with Crippen molar-refractivity contribution in [2.45, 2.75) is 26.5 Å². The van der Waals surface area contributed by atoms with Gasteiger partial charge in [0.1, 0.15) is 5.01 Å². The highest BCUT2D eigenvalue weighted by molar-refractivity contribution is 7.15. The molecular weight excluding hydrogens is 234 g/mol. The van der Waals surface area contributed by atoms with Gasteiger partial charge >= 0.3 is 0 Å². The zero-order chi connectivity index (χ0) is 11.1. The molecule has 84 valence electrons. The minimum atomic E-state index is -0.263. The summed E-state index contributed by atoms with van der Waals surface area (Å²) >= 11 is 7.10. The number of hydrogen-bond donors (Lipinski definition) is 1. The van der Waals surface area contributed by atoms with Crippen molar-refractivity contribution in [1.29, 1.82) is 0 Å². The summed E-state index contributed by atoms with van der Waals surface area (Å²) in [5.74, 6) is 0. The summed E-state index contributed by atoms with van der Waals surface area (Å²) in [5, 5.41) is 18.4. The Hall–Kier alpha value is -0.230. The zero-order valence-electron chi connectivity index (χ0n) is 8.77. The van der Waals surface area contributed by atoms with Crippen LogP contribution >= 0.6 is 22.9 Å². The third kappa shape index (κ3) is 2.47. The Labute approximate surface area is 97.9 Å². The van der Waals surface area contributed by atoms with Crippen LogP contribution in [0.1, 0.15) is 18.9 Å². The summed E-state index contributed by atoms with van der Waals surface area (Å²) in [6, 6.07) is 0. The lowest BCUT2D eigenvalue weighted by Crippen LogP contribution is -2.26. The third-order valence-electron chi connectivity index (χ3n) is 2.77. The summed E-state index contributed by atoms with van der Waals surface area (Å²) in [7, 11) is 0. The van der Waals surface area contributed by atoms with E-state index >= 15 is 0 Å². The first-order valence-corrected chi connectivity index (χ1v) is 6.05. The molecule has 0 bridgehead atoms. The topological polar surface area (TPSA) is 49.2 Å². The Morgan fingerprint density at radius 3 is 2.80 bits per heavy atom. The fourth-order valence-corrected chi connectivity index (χ4v) is 2.76. The first-order valence-electron chi connectivity index (χ1n) is 4.86. The number of hydrogen-bond acceptors (Lipinski definition) is 5. The summed E-state index contributed by atoms with van der Waals surface area (Å²) in [6.45, 7) is 6.45. The molecule has 1 atom stereocenters. The van der Waals surface area contributed by atoms with Gasteiger partial charge in [-0.3, -0.25) is 4.90 Å². The van der Waals surface area contributed by atoms with E-state index in [4.69, 9.17) is 11.6 Å². The van der Waals surface area contributed by atoms with E-state index in [1.165, 1.54) is 11.3 Å². The number of rotatable bonds is 2. The number of halogens is 1. The third-order valence-corrected chi connectivity index (χ3v) is 3.77. The lowest BCUT2D eigenvalue weighted by molar-refractivity contribution is 0.0954. The van der Waals surface area contributed by atoms with Gasteiger partial charge in [-0.05, 0) is 11.6 Å². The van der Waals surface area contributed by atoms with E-state index in [9.17, 15) is 5.11 Å². The van der Waals surface area contributed by atoms with Crippen molar-refractivity contribution >= 4 is 22.9 Å². The van der Waals surface area contributed by atoms with E-state index in [0.29, 0.717) is 11.0 Å². The molecule has 1 aliphatic heterocycles. The number of nitrogens with zero attached hydrogens (tertiary/aromatic N) is 3. The number of likely N-dealkylation sites (tertiary alicyclic amines) is 1. The van der Waals surface area contributed by atoms with Crippen molar-refractivity contribution in [3.05, 3.63) is 9.47 Å². The fraction of sp³-hybridized carbons (Fsp3) is 0.778. The minimum absolute atomic E-state index is 0.0333. The number of aromatic nitrogens is 2. The van der Waals surface area contributed by atoms with Crippen LogP contribution < -0.4 is 0 Å². The van der Waals surface area contributed by atoms with E-state index in [1.807, 2.05) is 0 Å². The highest BCUT2D eigenvalue weighted by Crippen LogP contribution is 2.30. The van der Waals surface area contributed by atoms with Crippen LogP contribution in [0.15, 0.2) is 0 Å². The molecule has 1 unspecified atom stereocenters. The summed E-state index contributed by atoms with van der Waals surface area (Å²) in [6.07, 6.45) is -0.263. The molecule has 4 nitrogen and oxygen atoms in total. The lowest BCUT2D eigenvalue weighted by Gasteiger charge is -2.20. The normalized spacial score (nSPS) is 26.0. The maximum absolute atomic E-state index is 9.81. The Kier molecular flexibility index (Phi) is 2.98. The highest BCUT2D eigenvalue weighted by atomic mass is 35.5. The number of aliphatic hydroxyl groups is 1. The maximum atomic E-state index is 9.81. The molecule has 1 fully saturated rings. The Morgan fingerprint density at radius 2 is 2.33 bits per heavy atom. The quantitative estimate of drug-likeness (QED) is 0.858. The van der Waals surface area contributed by atoms with E-state index in [0.717, 1.165) is 18.1 Å². The second-order valence-electron chi connectivity index (χ2n) is 4.62. The average Bonchev–Trinajstić information content (AvgIpc) is 2.59. The van der Waals surface area contributed by atoms with Crippen LogP contribution in [0.4, 0.5) is 0 Å². The van der Waals surface area contributed by atoms with Gasteiger partial charge in [0.05, 0.1) is 12.6 Å². The van der Waals surface area contributed by atoms with Gasteiger partial charge in [0.25, 0.3) is 0 Å². The van der Waals surface area contributed by atoms with Crippen molar-refractivity contribution in [1.82, 2.24) is 15.1 Å². The Morgan fingerprint density at radius 1 is 1.60 bits per heavy atom. The van der Waals surface area contributed by atoms with Crippen LogP contribution in [0.2, 0.25) is 4.47 Å². The largest absolute Gasteiger partial charge is 0.391 e. The van der Waals surface area contributed by atoms with Gasteiger partial charge in [0.15, 0.2) is 0 Å². The Balaban J connectivity index is 1.98. The molecule has 1 aliphatic rings. The average molecular weight is 248 g/mol. The van der Waals surface area contributed by atoms with Gasteiger partial charge in [-0.15, -0.1) is 10.2 Å². The van der Waals surface area contributed by atoms with Gasteiger partial charge in [-0.25, -0.2) is 0 Å². The van der Waals surface area contributed by atoms with Crippen molar-refractivity contribution < 1.29 is 5.11 Å². The lowest BCUT2D eigenvalue weighted by atomic mass is 9.90. The first-order chi connectivity index (χ1) is 6.97. The monoisotopic (exact) mass is 247 g/mol. The van der Waals surface area contributed by atoms with Gasteiger partial charge in [-0.1, -0.05) is 25.2 Å². The molecule has 0 aromatic carbocycles. The standard InChI is InChI=1S/C9H14ClN3OS/c1-9(2)5-13(3-6(9)14)4-7-11-12-8(10)15-7/h6,14H,3-5H2,1-2H3. The SMILES string of the molecule is CC1(C)CN(Cc2nnc(Cl)s2)CC1O. The van der Waals surface area contributed by atoms with Crippen LogP contribution in [-0.2, 0) is 6.54 Å². The molecule has 0 spiro atoms. The molecule has 2 rings (SSSR count). The molecular formula is C9H14ClN3OS. The first kappa shape index (κ1) is 11.3. The minimum Gasteiger partial charge on any atom is -0.391 e. The van der Waals surface area contributed by atoms with Crippen LogP contribution in [0, 0.1) is 5.41 Å². The predicted molar refractivity (Wildman–Crippen MR) is 60.0 cm³/mol. The smallest absolute Gasteiger partial charge is 0.207 e. The van der Waals surface area contributed by atoms with Crippen molar-refractivity contribution in [3.63, 3.8) is 0 Å². The number of β-amino-alcohol motifs (C(OH)–C–C–N with tert-alkyl or cyclic N) is 1. The van der Waals surface area contributed by atoms with E-state index < -0.39 is 0 Å². The van der Waals surface area contributed by atoms with E-state index in [-0.39, 0.29) is 11.5 Å². The molecule has 2 heterocycles. The molecule has 1 N–H and O–H groups in total. The molecule has 6 heteroatoms. The summed E-state index contributed by atoms with van der Waals surface area (Å²) in [4.78, 5) is 2.18. The van der Waals surface area contributed by atoms with Gasteiger partial charge in [0, 0.05) is 18.5 Å². The van der Waals surface area contributed by atoms with Crippen molar-refractivity contribution in [2.75, 3.05) is 13.1 Å². The summed E-state index contributed by atoms with van der Waals surface area (Å²) in [5.41, 5.74) is -0.0333. The van der Waals surface area contributed by atoms with Crippen molar-refractivity contribution in [3.8, 4) is 0 Å². The maximum Gasteiger partial charge on any atom is 0.207 e. The molecule has 15 heavy (non-hydrogen) atoms. The molecule has 0 radical (unpaired) electrons. The molecule has 1 aromatic rings. The molecule has 0 saturated carbocycles. The Bertz CT molecular complexity index is 355. The summed E-state index contributed by atoms with van der Waals surface area (Å²) < 4.78 is 0.476. The molecule has 1 saturated heterocycles. The second-order valence-corrected chi connectivity index (χ2v) is 6.27. The van der Waals surface area contributed by atoms with Crippen LogP contribution in [-0.4, -0.2) is 39.4 Å². The van der Waals surface area contributed by atoms with Gasteiger partial charge in [0.2, 0.25) is 4.47 Å². The molecule has 0 amide bonds. The van der Waals surface area contributed by atoms with Crippen LogP contribution in [0.25, 0.3) is 0 Å². The van der Waals surface area contributed by atoms with Crippen LogP contribution in [0.5, 0.6) is 0 Å². The van der Waals surface area contributed by atoms with E-state index in [1.54, 1.807) is 0 Å².